The molecule has 4 rings (SSSR count). The van der Waals surface area contributed by atoms with Crippen molar-refractivity contribution in [2.75, 3.05) is 26.3 Å². The summed E-state index contributed by atoms with van der Waals surface area (Å²) in [6, 6.07) is 6.47. The van der Waals surface area contributed by atoms with Crippen LogP contribution in [0.3, 0.4) is 0 Å². The van der Waals surface area contributed by atoms with Crippen LogP contribution in [0, 0.1) is 0 Å². The van der Waals surface area contributed by atoms with E-state index in [0.717, 1.165) is 36.8 Å². The van der Waals surface area contributed by atoms with Crippen LogP contribution in [0.2, 0.25) is 0 Å². The molecule has 1 aromatic carbocycles. The average molecular weight is 312 g/mol. The minimum Gasteiger partial charge on any atom is -0.486 e. The van der Waals surface area contributed by atoms with Crippen LogP contribution in [0.1, 0.15) is 30.8 Å². The van der Waals surface area contributed by atoms with E-state index >= 15 is 0 Å². The molecule has 0 radical (unpaired) electrons. The summed E-state index contributed by atoms with van der Waals surface area (Å²) in [6.45, 7) is 5.32. The van der Waals surface area contributed by atoms with Crippen molar-refractivity contribution < 1.29 is 9.47 Å². The number of ether oxygens (including phenoxy) is 2. The quantitative estimate of drug-likeness (QED) is 0.943. The highest BCUT2D eigenvalue weighted by atomic mass is 16.6. The Bertz CT molecular complexity index is 711. The fraction of sp³-hybridized carbons (Fsp3) is 0.412. The lowest BCUT2D eigenvalue weighted by atomic mass is 9.98. The molecule has 0 spiro atoms. The van der Waals surface area contributed by atoms with Gasteiger partial charge < -0.3 is 9.47 Å². The van der Waals surface area contributed by atoms with E-state index in [1.165, 1.54) is 11.1 Å². The summed E-state index contributed by atoms with van der Waals surface area (Å²) in [5, 5.41) is 6.89. The maximum Gasteiger partial charge on any atom is 0.161 e. The van der Waals surface area contributed by atoms with Crippen LogP contribution >= 0.6 is 0 Å². The molecule has 0 fully saturated rings. The first-order valence-corrected chi connectivity index (χ1v) is 7.99. The van der Waals surface area contributed by atoms with Gasteiger partial charge in [-0.2, -0.15) is 5.10 Å². The first-order valence-electron chi connectivity index (χ1n) is 7.99. The number of rotatable bonds is 3. The number of hydrogen-bond donors (Lipinski definition) is 1. The fourth-order valence-electron chi connectivity index (χ4n) is 3.13. The van der Waals surface area contributed by atoms with Gasteiger partial charge in [0, 0.05) is 13.1 Å². The third-order valence-electron chi connectivity index (χ3n) is 4.53. The topological polar surface area (TPSA) is 63.3 Å². The molecule has 6 nitrogen and oxygen atoms in total. The van der Waals surface area contributed by atoms with Crippen molar-refractivity contribution in [3.63, 3.8) is 0 Å². The van der Waals surface area contributed by atoms with Crippen LogP contribution < -0.4 is 9.47 Å². The highest BCUT2D eigenvalue weighted by molar-refractivity contribution is 5.69. The number of nitrogens with zero attached hydrogens (tertiary/aromatic N) is 3. The van der Waals surface area contributed by atoms with E-state index in [-0.39, 0.29) is 6.04 Å². The Morgan fingerprint density at radius 2 is 2.09 bits per heavy atom. The predicted octanol–water partition coefficient (Wildman–Crippen LogP) is 2.43. The van der Waals surface area contributed by atoms with Gasteiger partial charge in [-0.15, -0.1) is 0 Å². The summed E-state index contributed by atoms with van der Waals surface area (Å²) in [4.78, 5) is 6.65. The SMILES string of the molecule is CC(c1ncn[nH]1)N1CC=C(c2ccc3c(c2)OCCO3)CC1. The van der Waals surface area contributed by atoms with Gasteiger partial charge in [-0.25, -0.2) is 4.98 Å². The molecule has 1 atom stereocenters. The van der Waals surface area contributed by atoms with E-state index in [4.69, 9.17) is 9.47 Å². The van der Waals surface area contributed by atoms with Crippen molar-refractivity contribution in [2.24, 2.45) is 0 Å². The van der Waals surface area contributed by atoms with E-state index in [2.05, 4.69) is 45.2 Å². The molecule has 1 unspecified atom stereocenters. The first-order chi connectivity index (χ1) is 11.3. The summed E-state index contributed by atoms with van der Waals surface area (Å²) in [6.07, 6.45) is 4.87. The minimum atomic E-state index is 0.246. The molecule has 2 aliphatic heterocycles. The van der Waals surface area contributed by atoms with E-state index in [0.29, 0.717) is 13.2 Å². The Morgan fingerprint density at radius 3 is 2.83 bits per heavy atom. The fourth-order valence-corrected chi connectivity index (χ4v) is 3.13. The summed E-state index contributed by atoms with van der Waals surface area (Å²) < 4.78 is 11.3. The van der Waals surface area contributed by atoms with Gasteiger partial charge in [0.2, 0.25) is 0 Å². The molecular formula is C17H20N4O2. The third-order valence-corrected chi connectivity index (χ3v) is 4.53. The molecule has 0 saturated carbocycles. The van der Waals surface area contributed by atoms with Crippen LogP contribution in [0.15, 0.2) is 30.6 Å². The summed E-state index contributed by atoms with van der Waals surface area (Å²) in [7, 11) is 0. The highest BCUT2D eigenvalue weighted by Gasteiger charge is 2.22. The lowest BCUT2D eigenvalue weighted by molar-refractivity contribution is 0.171. The Hall–Kier alpha value is -2.34. The maximum atomic E-state index is 5.68. The van der Waals surface area contributed by atoms with Gasteiger partial charge in [0.25, 0.3) is 0 Å². The zero-order chi connectivity index (χ0) is 15.6. The van der Waals surface area contributed by atoms with Crippen LogP contribution in [-0.4, -0.2) is 46.4 Å². The zero-order valence-electron chi connectivity index (χ0n) is 13.2. The van der Waals surface area contributed by atoms with Crippen molar-refractivity contribution in [2.45, 2.75) is 19.4 Å². The molecule has 0 saturated heterocycles. The number of fused-ring (bicyclic) bond motifs is 1. The van der Waals surface area contributed by atoms with Crippen molar-refractivity contribution in [1.82, 2.24) is 20.1 Å². The Labute approximate surface area is 135 Å². The minimum absolute atomic E-state index is 0.246. The Morgan fingerprint density at radius 1 is 1.22 bits per heavy atom. The van der Waals surface area contributed by atoms with Crippen molar-refractivity contribution in [3.8, 4) is 11.5 Å². The van der Waals surface area contributed by atoms with E-state index in [1.807, 2.05) is 6.07 Å². The number of H-pyrrole nitrogens is 1. The van der Waals surface area contributed by atoms with Gasteiger partial charge in [0.15, 0.2) is 11.5 Å². The molecule has 3 heterocycles. The molecule has 1 N–H and O–H groups in total. The molecule has 6 heteroatoms. The largest absolute Gasteiger partial charge is 0.486 e. The maximum absolute atomic E-state index is 5.68. The normalized spacial score (nSPS) is 19.3. The van der Waals surface area contributed by atoms with Crippen molar-refractivity contribution in [3.05, 3.63) is 42.0 Å². The van der Waals surface area contributed by atoms with E-state index < -0.39 is 0 Å². The second kappa shape index (κ2) is 6.04. The number of aromatic amines is 1. The molecule has 23 heavy (non-hydrogen) atoms. The van der Waals surface area contributed by atoms with Gasteiger partial charge in [-0.1, -0.05) is 12.1 Å². The molecule has 2 aromatic rings. The third kappa shape index (κ3) is 2.82. The predicted molar refractivity (Wildman–Crippen MR) is 86.4 cm³/mol. The number of hydrogen-bond acceptors (Lipinski definition) is 5. The van der Waals surface area contributed by atoms with Crippen LogP contribution in [0.4, 0.5) is 0 Å². The van der Waals surface area contributed by atoms with E-state index in [1.54, 1.807) is 6.33 Å². The molecular weight excluding hydrogens is 292 g/mol. The molecule has 120 valence electrons. The van der Waals surface area contributed by atoms with Gasteiger partial charge >= 0.3 is 0 Å². The molecule has 2 aliphatic rings. The lowest BCUT2D eigenvalue weighted by Gasteiger charge is -2.30. The van der Waals surface area contributed by atoms with Crippen LogP contribution in [-0.2, 0) is 0 Å². The van der Waals surface area contributed by atoms with Crippen LogP contribution in [0.5, 0.6) is 11.5 Å². The molecule has 1 aromatic heterocycles. The molecule has 0 aliphatic carbocycles. The number of aromatic nitrogens is 3. The highest BCUT2D eigenvalue weighted by Crippen LogP contribution is 2.35. The lowest BCUT2D eigenvalue weighted by Crippen LogP contribution is -2.31. The average Bonchev–Trinajstić information content (AvgIpc) is 3.15. The first kappa shape index (κ1) is 14.3. The monoisotopic (exact) mass is 312 g/mol. The smallest absolute Gasteiger partial charge is 0.161 e. The summed E-state index contributed by atoms with van der Waals surface area (Å²) >= 11 is 0. The van der Waals surface area contributed by atoms with Gasteiger partial charge in [-0.3, -0.25) is 10.00 Å². The summed E-state index contributed by atoms with van der Waals surface area (Å²) in [5.74, 6) is 2.62. The number of nitrogens with one attached hydrogen (secondary N) is 1. The zero-order valence-corrected chi connectivity index (χ0v) is 13.2. The Balaban J connectivity index is 1.49. The van der Waals surface area contributed by atoms with Crippen molar-refractivity contribution in [1.29, 1.82) is 0 Å². The number of benzene rings is 1. The van der Waals surface area contributed by atoms with Gasteiger partial charge in [0.05, 0.1) is 6.04 Å². The van der Waals surface area contributed by atoms with Crippen molar-refractivity contribution >= 4 is 5.57 Å². The molecule has 0 amide bonds. The second-order valence-electron chi connectivity index (χ2n) is 5.88. The standard InChI is InChI=1S/C17H20N4O2/c1-12(17-18-11-19-20-17)21-6-4-13(5-7-21)14-2-3-15-16(10-14)23-9-8-22-15/h2-4,10-12H,5-9H2,1H3,(H,18,19,20). The van der Waals surface area contributed by atoms with Gasteiger partial charge in [0.1, 0.15) is 25.4 Å². The second-order valence-corrected chi connectivity index (χ2v) is 5.88. The summed E-state index contributed by atoms with van der Waals surface area (Å²) in [5.41, 5.74) is 2.59. The van der Waals surface area contributed by atoms with Gasteiger partial charge in [-0.05, 0) is 36.6 Å². The molecule has 0 bridgehead atoms. The Kier molecular flexibility index (Phi) is 3.75. The van der Waals surface area contributed by atoms with Crippen LogP contribution in [0.25, 0.3) is 5.57 Å². The van der Waals surface area contributed by atoms with E-state index in [9.17, 15) is 0 Å².